The summed E-state index contributed by atoms with van der Waals surface area (Å²) in [6.45, 7) is 0.214. The summed E-state index contributed by atoms with van der Waals surface area (Å²) >= 11 is 0. The number of hydrogen-bond donors (Lipinski definition) is 1. The van der Waals surface area contributed by atoms with E-state index in [1.165, 1.54) is 25.5 Å². The number of non-ortho nitro benzene ring substituents is 1. The first-order valence-corrected chi connectivity index (χ1v) is 7.76. The zero-order valence-electron chi connectivity index (χ0n) is 14.4. The Bertz CT molecular complexity index is 888. The fraction of sp³-hybridized carbons (Fsp3) is 0.167. The Kier molecular flexibility index (Phi) is 6.84. The number of ether oxygens (including phenoxy) is 2. The number of nitriles is 1. The zero-order valence-corrected chi connectivity index (χ0v) is 14.4. The van der Waals surface area contributed by atoms with Crippen LogP contribution in [0, 0.1) is 21.4 Å². The molecule has 0 aliphatic carbocycles. The van der Waals surface area contributed by atoms with E-state index in [4.69, 9.17) is 14.7 Å². The molecule has 0 fully saturated rings. The molecule has 0 atom stereocenters. The number of benzene rings is 2. The van der Waals surface area contributed by atoms with Gasteiger partial charge in [0.2, 0.25) is 0 Å². The normalized spacial score (nSPS) is 10.2. The molecule has 0 aliphatic rings. The molecule has 9 heteroatoms. The summed E-state index contributed by atoms with van der Waals surface area (Å²) in [6, 6.07) is 12.9. The molecule has 0 aliphatic heterocycles. The van der Waals surface area contributed by atoms with Crippen LogP contribution in [0.3, 0.4) is 0 Å². The van der Waals surface area contributed by atoms with Crippen molar-refractivity contribution in [2.45, 2.75) is 13.0 Å². The number of methoxy groups -OCH3 is 1. The lowest BCUT2D eigenvalue weighted by molar-refractivity contribution is -0.384. The van der Waals surface area contributed by atoms with Crippen molar-refractivity contribution in [3.8, 4) is 17.6 Å². The minimum Gasteiger partial charge on any atom is -0.493 e. The molecule has 0 unspecified atom stereocenters. The third-order valence-electron chi connectivity index (χ3n) is 3.37. The van der Waals surface area contributed by atoms with Crippen molar-refractivity contribution in [3.05, 3.63) is 63.7 Å². The Labute approximate surface area is 155 Å². The lowest BCUT2D eigenvalue weighted by Crippen LogP contribution is -2.16. The molecular weight excluding hydrogens is 352 g/mol. The predicted octanol–water partition coefficient (Wildman–Crippen LogP) is 2.55. The largest absolute Gasteiger partial charge is 0.493 e. The minimum absolute atomic E-state index is 0.0156. The number of hydrogen-bond acceptors (Lipinski definition) is 7. The maximum absolute atomic E-state index is 11.2. The summed E-state index contributed by atoms with van der Waals surface area (Å²) < 4.78 is 11.0. The molecule has 138 valence electrons. The van der Waals surface area contributed by atoms with Gasteiger partial charge in [0.15, 0.2) is 11.5 Å². The van der Waals surface area contributed by atoms with Gasteiger partial charge < -0.3 is 9.47 Å². The van der Waals surface area contributed by atoms with Gasteiger partial charge >= 0.3 is 0 Å². The number of nitro benzene ring substituents is 1. The smallest absolute Gasteiger partial charge is 0.269 e. The van der Waals surface area contributed by atoms with Gasteiger partial charge in [0, 0.05) is 12.1 Å². The fourth-order valence-electron chi connectivity index (χ4n) is 2.05. The Balaban J connectivity index is 2.01. The van der Waals surface area contributed by atoms with Crippen molar-refractivity contribution < 1.29 is 19.2 Å². The van der Waals surface area contributed by atoms with Gasteiger partial charge in [-0.15, -0.1) is 0 Å². The average Bonchev–Trinajstić information content (AvgIpc) is 2.67. The third kappa shape index (κ3) is 5.82. The Morgan fingerprint density at radius 3 is 2.67 bits per heavy atom. The number of rotatable bonds is 8. The van der Waals surface area contributed by atoms with Crippen LogP contribution in [0.5, 0.6) is 11.5 Å². The molecule has 0 radical (unpaired) electrons. The number of hydrazone groups is 1. The second-order valence-electron chi connectivity index (χ2n) is 5.25. The molecule has 9 nitrogen and oxygen atoms in total. The van der Waals surface area contributed by atoms with Crippen LogP contribution in [0.2, 0.25) is 0 Å². The van der Waals surface area contributed by atoms with Gasteiger partial charge in [-0.3, -0.25) is 14.9 Å². The molecule has 0 bridgehead atoms. The van der Waals surface area contributed by atoms with Gasteiger partial charge in [0.25, 0.3) is 11.6 Å². The monoisotopic (exact) mass is 368 g/mol. The standard InChI is InChI=1S/C18H16N4O5/c1-26-17-10-14(11-20-21-18(23)8-9-19)4-7-16(17)27-12-13-2-5-15(6-3-13)22(24)25/h2-7,10-11H,8,12H2,1H3,(H,21,23)/b20-11+. The topological polar surface area (TPSA) is 127 Å². The number of nitrogens with one attached hydrogen (secondary N) is 1. The first kappa shape index (κ1) is 19.4. The Morgan fingerprint density at radius 2 is 2.04 bits per heavy atom. The summed E-state index contributed by atoms with van der Waals surface area (Å²) in [4.78, 5) is 21.4. The first-order valence-electron chi connectivity index (χ1n) is 7.76. The third-order valence-corrected chi connectivity index (χ3v) is 3.37. The molecule has 0 saturated carbocycles. The Morgan fingerprint density at radius 1 is 1.30 bits per heavy atom. The van der Waals surface area contributed by atoms with Crippen molar-refractivity contribution in [3.63, 3.8) is 0 Å². The molecule has 27 heavy (non-hydrogen) atoms. The minimum atomic E-state index is -0.497. The van der Waals surface area contributed by atoms with Crippen LogP contribution in [-0.2, 0) is 11.4 Å². The van der Waals surface area contributed by atoms with E-state index < -0.39 is 10.8 Å². The maximum atomic E-state index is 11.2. The lowest BCUT2D eigenvalue weighted by atomic mass is 10.2. The van der Waals surface area contributed by atoms with Crippen molar-refractivity contribution in [1.29, 1.82) is 5.26 Å². The second-order valence-corrected chi connectivity index (χ2v) is 5.25. The zero-order chi connectivity index (χ0) is 19.6. The molecule has 0 saturated heterocycles. The summed E-state index contributed by atoms with van der Waals surface area (Å²) in [5.41, 5.74) is 3.68. The summed E-state index contributed by atoms with van der Waals surface area (Å²) in [6.07, 6.45) is 1.15. The van der Waals surface area contributed by atoms with E-state index in [0.29, 0.717) is 17.1 Å². The number of amides is 1. The van der Waals surface area contributed by atoms with Crippen LogP contribution < -0.4 is 14.9 Å². The average molecular weight is 368 g/mol. The van der Waals surface area contributed by atoms with Crippen LogP contribution >= 0.6 is 0 Å². The van der Waals surface area contributed by atoms with E-state index in [2.05, 4.69) is 10.5 Å². The molecule has 0 aromatic heterocycles. The van der Waals surface area contributed by atoms with E-state index in [1.54, 1.807) is 36.4 Å². The van der Waals surface area contributed by atoms with Crippen LogP contribution in [0.15, 0.2) is 47.6 Å². The SMILES string of the molecule is COc1cc(/C=N/NC(=O)CC#N)ccc1OCc1ccc([N+](=O)[O-])cc1. The van der Waals surface area contributed by atoms with E-state index in [9.17, 15) is 14.9 Å². The van der Waals surface area contributed by atoms with Crippen LogP contribution in [0.1, 0.15) is 17.5 Å². The summed E-state index contributed by atoms with van der Waals surface area (Å²) in [5, 5.41) is 22.8. The van der Waals surface area contributed by atoms with Gasteiger partial charge in [-0.05, 0) is 41.5 Å². The van der Waals surface area contributed by atoms with E-state index in [-0.39, 0.29) is 18.7 Å². The van der Waals surface area contributed by atoms with Gasteiger partial charge in [-0.25, -0.2) is 5.43 Å². The highest BCUT2D eigenvalue weighted by atomic mass is 16.6. The highest BCUT2D eigenvalue weighted by Crippen LogP contribution is 2.28. The Hall–Kier alpha value is -3.93. The number of carbonyl (C=O) groups is 1. The van der Waals surface area contributed by atoms with E-state index in [1.807, 2.05) is 0 Å². The molecule has 2 rings (SSSR count). The number of carbonyl (C=O) groups excluding carboxylic acids is 1. The second kappa shape index (κ2) is 9.53. The molecule has 2 aromatic carbocycles. The van der Waals surface area contributed by atoms with Crippen molar-refractivity contribution in [1.82, 2.24) is 5.43 Å². The highest BCUT2D eigenvalue weighted by Gasteiger charge is 2.08. The summed E-state index contributed by atoms with van der Waals surface area (Å²) in [5.74, 6) is 0.453. The van der Waals surface area contributed by atoms with Crippen LogP contribution in [0.4, 0.5) is 5.69 Å². The van der Waals surface area contributed by atoms with Gasteiger partial charge in [0.05, 0.1) is 24.3 Å². The van der Waals surface area contributed by atoms with Gasteiger partial charge in [-0.2, -0.15) is 10.4 Å². The number of nitro groups is 1. The van der Waals surface area contributed by atoms with Gasteiger partial charge in [0.1, 0.15) is 13.0 Å². The van der Waals surface area contributed by atoms with Crippen molar-refractivity contribution in [2.24, 2.45) is 5.10 Å². The quantitative estimate of drug-likeness (QED) is 0.433. The molecular formula is C18H16N4O5. The van der Waals surface area contributed by atoms with Crippen LogP contribution in [0.25, 0.3) is 0 Å². The van der Waals surface area contributed by atoms with E-state index in [0.717, 1.165) is 5.56 Å². The molecule has 0 heterocycles. The molecule has 0 spiro atoms. The van der Waals surface area contributed by atoms with Crippen molar-refractivity contribution >= 4 is 17.8 Å². The van der Waals surface area contributed by atoms with Crippen molar-refractivity contribution in [2.75, 3.05) is 7.11 Å². The molecule has 2 aromatic rings. The first-order chi connectivity index (χ1) is 13.0. The number of nitrogens with zero attached hydrogens (tertiary/aromatic N) is 3. The van der Waals surface area contributed by atoms with Crippen LogP contribution in [-0.4, -0.2) is 24.2 Å². The molecule has 1 amide bonds. The summed E-state index contributed by atoms with van der Waals surface area (Å²) in [7, 11) is 1.49. The fourth-order valence-corrected chi connectivity index (χ4v) is 2.05. The molecule has 1 N–H and O–H groups in total. The maximum Gasteiger partial charge on any atom is 0.269 e. The van der Waals surface area contributed by atoms with E-state index >= 15 is 0 Å². The lowest BCUT2D eigenvalue weighted by Gasteiger charge is -2.11. The van der Waals surface area contributed by atoms with Gasteiger partial charge in [-0.1, -0.05) is 0 Å². The highest BCUT2D eigenvalue weighted by molar-refractivity contribution is 5.83. The predicted molar refractivity (Wildman–Crippen MR) is 96.4 cm³/mol.